The van der Waals surface area contributed by atoms with E-state index in [0.29, 0.717) is 30.8 Å². The summed E-state index contributed by atoms with van der Waals surface area (Å²) in [5, 5.41) is 2.88. The van der Waals surface area contributed by atoms with E-state index >= 15 is 0 Å². The summed E-state index contributed by atoms with van der Waals surface area (Å²) in [7, 11) is -2.11. The second-order valence-electron chi connectivity index (χ2n) is 6.83. The molecule has 2 aromatic carbocycles. The van der Waals surface area contributed by atoms with E-state index in [0.717, 1.165) is 10.0 Å². The molecule has 0 saturated carbocycles. The molecule has 1 heterocycles. The Balaban J connectivity index is 1.73. The number of nitrogens with zero attached hydrogens (tertiary/aromatic N) is 1. The third-order valence-corrected chi connectivity index (χ3v) is 7.26. The second-order valence-corrected chi connectivity index (χ2v) is 9.68. The highest BCUT2D eigenvalue weighted by Gasteiger charge is 2.33. The molecule has 2 aromatic rings. The van der Waals surface area contributed by atoms with Crippen LogP contribution in [0.4, 0.5) is 5.69 Å². The van der Waals surface area contributed by atoms with E-state index < -0.39 is 10.0 Å². The third kappa shape index (κ3) is 4.56. The third-order valence-electron chi connectivity index (χ3n) is 4.87. The van der Waals surface area contributed by atoms with E-state index in [1.165, 1.54) is 4.31 Å². The van der Waals surface area contributed by atoms with E-state index in [4.69, 9.17) is 4.74 Å². The molecule has 1 N–H and O–H groups in total. The molecular formula is C20H23BrN2O4S. The van der Waals surface area contributed by atoms with Crippen LogP contribution in [0.3, 0.4) is 0 Å². The van der Waals surface area contributed by atoms with Gasteiger partial charge in [0.2, 0.25) is 15.9 Å². The van der Waals surface area contributed by atoms with E-state index in [-0.39, 0.29) is 23.3 Å². The normalized spacial score (nSPS) is 17.9. The zero-order chi connectivity index (χ0) is 20.3. The summed E-state index contributed by atoms with van der Waals surface area (Å²) in [6, 6.07) is 12.1. The molecule has 0 spiro atoms. The van der Waals surface area contributed by atoms with Crippen molar-refractivity contribution >= 4 is 37.5 Å². The number of hydrogen-bond donors (Lipinski definition) is 1. The molecule has 1 saturated heterocycles. The molecule has 3 rings (SSSR count). The first-order valence-corrected chi connectivity index (χ1v) is 11.3. The summed E-state index contributed by atoms with van der Waals surface area (Å²) in [6.45, 7) is 2.40. The predicted octanol–water partition coefficient (Wildman–Crippen LogP) is 3.81. The predicted molar refractivity (Wildman–Crippen MR) is 112 cm³/mol. The molecule has 1 atom stereocenters. The minimum absolute atomic E-state index is 0.159. The van der Waals surface area contributed by atoms with Crippen LogP contribution in [-0.4, -0.2) is 38.8 Å². The first-order chi connectivity index (χ1) is 13.3. The summed E-state index contributed by atoms with van der Waals surface area (Å²) < 4.78 is 33.6. The van der Waals surface area contributed by atoms with E-state index in [2.05, 4.69) is 21.2 Å². The highest BCUT2D eigenvalue weighted by molar-refractivity contribution is 9.10. The fourth-order valence-corrected chi connectivity index (χ4v) is 5.19. The first kappa shape index (κ1) is 20.8. The van der Waals surface area contributed by atoms with Gasteiger partial charge in [0, 0.05) is 23.2 Å². The molecule has 0 bridgehead atoms. The van der Waals surface area contributed by atoms with Crippen molar-refractivity contribution in [2.24, 2.45) is 5.92 Å². The number of carbonyl (C=O) groups excluding carboxylic acids is 1. The van der Waals surface area contributed by atoms with Crippen LogP contribution in [-0.2, 0) is 14.8 Å². The molecule has 0 radical (unpaired) electrons. The van der Waals surface area contributed by atoms with Crippen molar-refractivity contribution < 1.29 is 17.9 Å². The van der Waals surface area contributed by atoms with Crippen LogP contribution in [0.15, 0.2) is 51.8 Å². The standard InChI is InChI=1S/C20H23BrN2O4S/c1-14-12-18(9-10-19(14)27-2)28(25,26)23-11-3-4-15(13-23)20(24)22-17-7-5-16(21)6-8-17/h5-10,12,15H,3-4,11,13H2,1-2H3,(H,22,24)/t15-/m0/s1. The van der Waals surface area contributed by atoms with Crippen LogP contribution in [0.5, 0.6) is 5.75 Å². The lowest BCUT2D eigenvalue weighted by Gasteiger charge is -2.31. The number of hydrogen-bond acceptors (Lipinski definition) is 4. The fourth-order valence-electron chi connectivity index (χ4n) is 3.31. The van der Waals surface area contributed by atoms with E-state index in [9.17, 15) is 13.2 Å². The Labute approximate surface area is 174 Å². The Hall–Kier alpha value is -1.90. The Bertz CT molecular complexity index is 961. The van der Waals surface area contributed by atoms with Crippen molar-refractivity contribution in [3.63, 3.8) is 0 Å². The average molecular weight is 467 g/mol. The molecule has 1 aliphatic heterocycles. The Kier molecular flexibility index (Phi) is 6.42. The second kappa shape index (κ2) is 8.63. The monoisotopic (exact) mass is 466 g/mol. The molecule has 0 aliphatic carbocycles. The molecule has 150 valence electrons. The number of aryl methyl sites for hydroxylation is 1. The van der Waals surface area contributed by atoms with Crippen molar-refractivity contribution in [2.45, 2.75) is 24.7 Å². The molecule has 1 fully saturated rings. The topological polar surface area (TPSA) is 75.7 Å². The van der Waals surface area contributed by atoms with Crippen LogP contribution in [0.25, 0.3) is 0 Å². The fraction of sp³-hybridized carbons (Fsp3) is 0.350. The van der Waals surface area contributed by atoms with Gasteiger partial charge in [0.15, 0.2) is 0 Å². The molecule has 8 heteroatoms. The van der Waals surface area contributed by atoms with E-state index in [1.807, 2.05) is 19.1 Å². The lowest BCUT2D eigenvalue weighted by Crippen LogP contribution is -2.43. The number of benzene rings is 2. The average Bonchev–Trinajstić information content (AvgIpc) is 2.69. The summed E-state index contributed by atoms with van der Waals surface area (Å²) in [5.41, 5.74) is 1.45. The van der Waals surface area contributed by atoms with Gasteiger partial charge in [-0.15, -0.1) is 0 Å². The summed E-state index contributed by atoms with van der Waals surface area (Å²) in [4.78, 5) is 12.9. The Morgan fingerprint density at radius 1 is 1.21 bits per heavy atom. The number of sulfonamides is 1. The maximum Gasteiger partial charge on any atom is 0.243 e. The molecule has 28 heavy (non-hydrogen) atoms. The Morgan fingerprint density at radius 2 is 1.93 bits per heavy atom. The number of anilines is 1. The smallest absolute Gasteiger partial charge is 0.243 e. The number of halogens is 1. The molecule has 6 nitrogen and oxygen atoms in total. The van der Waals surface area contributed by atoms with Gasteiger partial charge in [0.05, 0.1) is 17.9 Å². The largest absolute Gasteiger partial charge is 0.496 e. The van der Waals surface area contributed by atoms with Gasteiger partial charge in [-0.05, 0) is 67.8 Å². The number of nitrogens with one attached hydrogen (secondary N) is 1. The van der Waals surface area contributed by atoms with Crippen molar-refractivity contribution in [3.05, 3.63) is 52.5 Å². The number of amides is 1. The summed E-state index contributed by atoms with van der Waals surface area (Å²) in [5.74, 6) is 0.101. The van der Waals surface area contributed by atoms with Crippen LogP contribution in [0.1, 0.15) is 18.4 Å². The van der Waals surface area contributed by atoms with Crippen LogP contribution >= 0.6 is 15.9 Å². The van der Waals surface area contributed by atoms with Crippen molar-refractivity contribution in [3.8, 4) is 5.75 Å². The van der Waals surface area contributed by atoms with Crippen molar-refractivity contribution in [1.82, 2.24) is 4.31 Å². The van der Waals surface area contributed by atoms with E-state index in [1.54, 1.807) is 37.4 Å². The maximum atomic E-state index is 13.1. The molecule has 0 unspecified atom stereocenters. The first-order valence-electron chi connectivity index (χ1n) is 9.02. The maximum absolute atomic E-state index is 13.1. The minimum Gasteiger partial charge on any atom is -0.496 e. The lowest BCUT2D eigenvalue weighted by molar-refractivity contribution is -0.120. The van der Waals surface area contributed by atoms with Crippen LogP contribution in [0.2, 0.25) is 0 Å². The SMILES string of the molecule is COc1ccc(S(=O)(=O)N2CCC[C@H](C(=O)Nc3ccc(Br)cc3)C2)cc1C. The van der Waals surface area contributed by atoms with Gasteiger partial charge in [0.1, 0.15) is 5.75 Å². The molecule has 1 aliphatic rings. The van der Waals surface area contributed by atoms with Gasteiger partial charge in [-0.1, -0.05) is 15.9 Å². The highest BCUT2D eigenvalue weighted by Crippen LogP contribution is 2.28. The lowest BCUT2D eigenvalue weighted by atomic mass is 9.99. The Morgan fingerprint density at radius 3 is 2.57 bits per heavy atom. The summed E-state index contributed by atoms with van der Waals surface area (Å²) >= 11 is 3.36. The van der Waals surface area contributed by atoms with Crippen molar-refractivity contribution in [1.29, 1.82) is 0 Å². The molecule has 1 amide bonds. The number of carbonyl (C=O) groups is 1. The highest BCUT2D eigenvalue weighted by atomic mass is 79.9. The molecular weight excluding hydrogens is 444 g/mol. The zero-order valence-corrected chi connectivity index (χ0v) is 18.2. The van der Waals surface area contributed by atoms with Gasteiger partial charge in [-0.25, -0.2) is 8.42 Å². The van der Waals surface area contributed by atoms with Gasteiger partial charge in [-0.2, -0.15) is 4.31 Å². The van der Waals surface area contributed by atoms with Gasteiger partial charge >= 0.3 is 0 Å². The number of piperidine rings is 1. The minimum atomic E-state index is -3.66. The number of methoxy groups -OCH3 is 1. The number of rotatable bonds is 5. The molecule has 0 aromatic heterocycles. The van der Waals surface area contributed by atoms with Gasteiger partial charge in [-0.3, -0.25) is 4.79 Å². The quantitative estimate of drug-likeness (QED) is 0.726. The summed E-state index contributed by atoms with van der Waals surface area (Å²) in [6.07, 6.45) is 1.31. The van der Waals surface area contributed by atoms with Crippen molar-refractivity contribution in [2.75, 3.05) is 25.5 Å². The van der Waals surface area contributed by atoms with Gasteiger partial charge < -0.3 is 10.1 Å². The van der Waals surface area contributed by atoms with Crippen LogP contribution in [0, 0.1) is 12.8 Å². The van der Waals surface area contributed by atoms with Gasteiger partial charge in [0.25, 0.3) is 0 Å². The van der Waals surface area contributed by atoms with Crippen LogP contribution < -0.4 is 10.1 Å². The number of ether oxygens (including phenoxy) is 1. The zero-order valence-electron chi connectivity index (χ0n) is 15.8.